The van der Waals surface area contributed by atoms with Gasteiger partial charge in [0, 0.05) is 43.4 Å². The predicted molar refractivity (Wildman–Crippen MR) is 204 cm³/mol. The first-order chi connectivity index (χ1) is 24.0. The predicted octanol–water partition coefficient (Wildman–Crippen LogP) is 8.71. The number of benzene rings is 2. The first-order valence-electron chi connectivity index (χ1n) is 17.4. The van der Waals surface area contributed by atoms with Crippen LogP contribution in [0.5, 0.6) is 0 Å². The Hall–Kier alpha value is -3.90. The molecule has 0 bridgehead atoms. The van der Waals surface area contributed by atoms with Crippen LogP contribution in [0.1, 0.15) is 65.0 Å². The second-order valence-electron chi connectivity index (χ2n) is 15.4. The molecular weight excluding hydrogens is 686 g/mol. The molecule has 10 nitrogen and oxygen atoms in total. The number of amides is 2. The third-order valence-corrected chi connectivity index (χ3v) is 10.4. The maximum atomic E-state index is 14.7. The number of allylic oxidation sites excluding steroid dienone is 1. The van der Waals surface area contributed by atoms with Crippen LogP contribution in [-0.2, 0) is 35.2 Å². The van der Waals surface area contributed by atoms with E-state index in [1.807, 2.05) is 50.3 Å². The van der Waals surface area contributed by atoms with Gasteiger partial charge in [-0.15, -0.1) is 0 Å². The quantitative estimate of drug-likeness (QED) is 0.0335. The Morgan fingerprint density at radius 1 is 1.06 bits per heavy atom. The smallest absolute Gasteiger partial charge is 0.419 e. The van der Waals surface area contributed by atoms with Gasteiger partial charge >= 0.3 is 6.09 Å². The molecule has 2 aromatic carbocycles. The molecule has 0 spiro atoms. The number of aromatic nitrogens is 1. The minimum Gasteiger partial charge on any atom is -0.462 e. The van der Waals surface area contributed by atoms with Crippen LogP contribution in [0.4, 0.5) is 4.79 Å². The Morgan fingerprint density at radius 3 is 2.45 bits per heavy atom. The molecule has 1 fully saturated rings. The maximum absolute atomic E-state index is 14.7. The molecule has 51 heavy (non-hydrogen) atoms. The molecule has 2 heterocycles. The number of hydroxylamine groups is 1. The lowest BCUT2D eigenvalue weighted by Crippen LogP contribution is -2.57. The van der Waals surface area contributed by atoms with Crippen molar-refractivity contribution in [3.8, 4) is 0 Å². The fourth-order valence-electron chi connectivity index (χ4n) is 5.73. The van der Waals surface area contributed by atoms with E-state index in [-0.39, 0.29) is 25.6 Å². The lowest BCUT2D eigenvalue weighted by molar-refractivity contribution is -0.154. The molecular formula is C39H52ClN3O7Si. The largest absolute Gasteiger partial charge is 0.462 e. The molecule has 1 aliphatic heterocycles. The standard InChI is InChI=1S/C39H52ClN3O7Si/c1-28(2)17-19-39(36(45)41-49-26-29-13-10-9-11-14-29)18-12-20-43(39)35(44)34(48-27-47-21-22-51(6,7)8)23-30-25-42(37(46)50-38(3,4)5)33-24-31(40)15-16-32(30)33/h9-11,13-17,23-25H,12,18-22,26-27H2,1-8H3,(H,41,45)/b34-23-/t39-/m1/s1. The van der Waals surface area contributed by atoms with Crippen LogP contribution in [0, 0.1) is 0 Å². The van der Waals surface area contributed by atoms with Crippen LogP contribution < -0.4 is 5.48 Å². The van der Waals surface area contributed by atoms with Crippen LogP contribution in [0.2, 0.25) is 30.7 Å². The van der Waals surface area contributed by atoms with Crippen molar-refractivity contribution in [2.24, 2.45) is 0 Å². The van der Waals surface area contributed by atoms with Gasteiger partial charge in [-0.25, -0.2) is 10.3 Å². The van der Waals surface area contributed by atoms with E-state index in [1.165, 1.54) is 4.57 Å². The number of hydrogen-bond acceptors (Lipinski definition) is 7. The fraction of sp³-hybridized carbons (Fsp3) is 0.462. The summed E-state index contributed by atoms with van der Waals surface area (Å²) in [5.41, 5.74) is 3.62. The number of nitrogens with one attached hydrogen (secondary N) is 1. The lowest BCUT2D eigenvalue weighted by Gasteiger charge is -2.36. The van der Waals surface area contributed by atoms with Gasteiger partial charge in [-0.2, -0.15) is 0 Å². The molecule has 1 saturated heterocycles. The van der Waals surface area contributed by atoms with E-state index in [2.05, 4.69) is 25.1 Å². The number of halogens is 1. The van der Waals surface area contributed by atoms with Gasteiger partial charge in [-0.3, -0.25) is 19.0 Å². The first-order valence-corrected chi connectivity index (χ1v) is 21.5. The Kier molecular flexibility index (Phi) is 13.4. The van der Waals surface area contributed by atoms with Crippen LogP contribution in [0.15, 0.2) is 72.1 Å². The highest BCUT2D eigenvalue weighted by molar-refractivity contribution is 6.76. The molecule has 0 radical (unpaired) electrons. The number of rotatable bonds is 14. The Bertz CT molecular complexity index is 1750. The van der Waals surface area contributed by atoms with Gasteiger partial charge in [-0.05, 0) is 83.7 Å². The molecule has 1 aromatic heterocycles. The van der Waals surface area contributed by atoms with E-state index in [4.69, 9.17) is 30.6 Å². The molecule has 0 saturated carbocycles. The van der Waals surface area contributed by atoms with E-state index >= 15 is 0 Å². The zero-order chi connectivity index (χ0) is 37.4. The van der Waals surface area contributed by atoms with Crippen molar-refractivity contribution in [1.82, 2.24) is 14.9 Å². The molecule has 2 amide bonds. The van der Waals surface area contributed by atoms with Crippen molar-refractivity contribution in [2.75, 3.05) is 19.9 Å². The highest BCUT2D eigenvalue weighted by Gasteiger charge is 2.50. The second kappa shape index (κ2) is 17.1. The molecule has 0 aliphatic carbocycles. The number of ether oxygens (including phenoxy) is 3. The summed E-state index contributed by atoms with van der Waals surface area (Å²) in [7, 11) is -1.37. The highest BCUT2D eigenvalue weighted by Crippen LogP contribution is 2.36. The summed E-state index contributed by atoms with van der Waals surface area (Å²) in [6, 6.07) is 15.6. The van der Waals surface area contributed by atoms with E-state index in [9.17, 15) is 14.4 Å². The summed E-state index contributed by atoms with van der Waals surface area (Å²) in [5.74, 6) is -0.917. The normalized spacial score (nSPS) is 16.6. The number of hydrogen-bond donors (Lipinski definition) is 1. The third kappa shape index (κ3) is 11.0. The van der Waals surface area contributed by atoms with Gasteiger partial charge in [0.25, 0.3) is 11.8 Å². The fourth-order valence-corrected chi connectivity index (χ4v) is 6.65. The van der Waals surface area contributed by atoms with Crippen LogP contribution in [0.25, 0.3) is 17.0 Å². The van der Waals surface area contributed by atoms with Crippen molar-refractivity contribution < 1.29 is 33.4 Å². The van der Waals surface area contributed by atoms with Crippen molar-refractivity contribution in [3.63, 3.8) is 0 Å². The molecule has 1 aliphatic rings. The summed E-state index contributed by atoms with van der Waals surface area (Å²) in [6.07, 6.45) is 5.88. The highest BCUT2D eigenvalue weighted by atomic mass is 35.5. The number of carbonyl (C=O) groups excluding carboxylic acids is 3. The van der Waals surface area contributed by atoms with E-state index < -0.39 is 37.1 Å². The van der Waals surface area contributed by atoms with Gasteiger partial charge in [0.2, 0.25) is 0 Å². The zero-order valence-corrected chi connectivity index (χ0v) is 32.9. The van der Waals surface area contributed by atoms with Crippen LogP contribution in [0.3, 0.4) is 0 Å². The monoisotopic (exact) mass is 737 g/mol. The third-order valence-electron chi connectivity index (χ3n) is 8.43. The summed E-state index contributed by atoms with van der Waals surface area (Å²) in [6.45, 7) is 16.9. The minimum absolute atomic E-state index is 0.0253. The number of fused-ring (bicyclic) bond motifs is 1. The summed E-state index contributed by atoms with van der Waals surface area (Å²) in [5, 5.41) is 1.09. The SMILES string of the molecule is CC(C)=CC[C@@]1(C(=O)NOCc2ccccc2)CCCN1C(=O)/C(=C/c1cn(C(=O)OC(C)(C)C)c2cc(Cl)ccc12)OCOCC[Si](C)(C)C. The molecule has 276 valence electrons. The average molecular weight is 738 g/mol. The Morgan fingerprint density at radius 2 is 1.78 bits per heavy atom. The average Bonchev–Trinajstić information content (AvgIpc) is 3.64. The van der Waals surface area contributed by atoms with Gasteiger partial charge in [0.1, 0.15) is 11.1 Å². The van der Waals surface area contributed by atoms with Crippen molar-refractivity contribution in [2.45, 2.75) is 97.3 Å². The van der Waals surface area contributed by atoms with E-state index in [0.717, 1.165) is 17.2 Å². The zero-order valence-electron chi connectivity index (χ0n) is 31.1. The van der Waals surface area contributed by atoms with Crippen molar-refractivity contribution >= 4 is 54.6 Å². The first kappa shape index (κ1) is 39.9. The van der Waals surface area contributed by atoms with Gasteiger partial charge < -0.3 is 19.1 Å². The van der Waals surface area contributed by atoms with Gasteiger partial charge in [-0.1, -0.05) is 79.3 Å². The Labute approximate surface area is 307 Å². The number of nitrogens with zero attached hydrogens (tertiary/aromatic N) is 2. The van der Waals surface area contributed by atoms with E-state index in [0.29, 0.717) is 47.5 Å². The summed E-state index contributed by atoms with van der Waals surface area (Å²) in [4.78, 5) is 49.3. The Balaban J connectivity index is 1.73. The van der Waals surface area contributed by atoms with Crippen molar-refractivity contribution in [1.29, 1.82) is 0 Å². The molecule has 12 heteroatoms. The minimum atomic E-state index is -1.37. The summed E-state index contributed by atoms with van der Waals surface area (Å²) >= 11 is 6.36. The number of likely N-dealkylation sites (tertiary alicyclic amines) is 1. The molecule has 0 unspecified atom stereocenters. The topological polar surface area (TPSA) is 108 Å². The van der Waals surface area contributed by atoms with E-state index in [1.54, 1.807) is 56.1 Å². The number of carbonyl (C=O) groups is 3. The molecule has 3 aromatic rings. The summed E-state index contributed by atoms with van der Waals surface area (Å²) < 4.78 is 19.0. The lowest BCUT2D eigenvalue weighted by atomic mass is 9.89. The molecule has 1 atom stereocenters. The van der Waals surface area contributed by atoms with Crippen LogP contribution >= 0.6 is 11.6 Å². The van der Waals surface area contributed by atoms with Crippen molar-refractivity contribution in [3.05, 3.63) is 88.3 Å². The van der Waals surface area contributed by atoms with Crippen LogP contribution in [-0.4, -0.2) is 66.5 Å². The van der Waals surface area contributed by atoms with Gasteiger partial charge in [0.15, 0.2) is 12.6 Å². The molecule has 4 rings (SSSR count). The maximum Gasteiger partial charge on any atom is 0.419 e. The molecule has 1 N–H and O–H groups in total. The second-order valence-corrected chi connectivity index (χ2v) is 21.4. The van der Waals surface area contributed by atoms with Gasteiger partial charge in [0.05, 0.1) is 12.1 Å².